The molecule has 0 aliphatic heterocycles. The van der Waals surface area contributed by atoms with Crippen molar-refractivity contribution in [1.29, 1.82) is 0 Å². The fraction of sp³-hybridized carbons (Fsp3) is 0.286. The van der Waals surface area contributed by atoms with Crippen molar-refractivity contribution in [2.75, 3.05) is 0 Å². The summed E-state index contributed by atoms with van der Waals surface area (Å²) in [6.07, 6.45) is 9.02. The van der Waals surface area contributed by atoms with Crippen LogP contribution in [0.4, 0.5) is 0 Å². The first kappa shape index (κ1) is 30.5. The van der Waals surface area contributed by atoms with Crippen LogP contribution in [0.25, 0.3) is 0 Å². The molecule has 0 unspecified atom stereocenters. The summed E-state index contributed by atoms with van der Waals surface area (Å²) >= 11 is 0. The average Bonchev–Trinajstić information content (AvgIpc) is 3.04. The third-order valence-electron chi connectivity index (χ3n) is 7.55. The van der Waals surface area contributed by atoms with Gasteiger partial charge in [-0.1, -0.05) is 100 Å². The van der Waals surface area contributed by atoms with Gasteiger partial charge in [0.15, 0.2) is 0 Å². The molecule has 0 radical (unpaired) electrons. The largest absolute Gasteiger partial charge is 0.0654 e. The van der Waals surface area contributed by atoms with E-state index < -0.39 is 0 Å². The molecule has 0 N–H and O–H groups in total. The summed E-state index contributed by atoms with van der Waals surface area (Å²) < 4.78 is 0. The van der Waals surface area contributed by atoms with E-state index in [9.17, 15) is 0 Å². The van der Waals surface area contributed by atoms with Crippen molar-refractivity contribution in [3.63, 3.8) is 0 Å². The van der Waals surface area contributed by atoms with Crippen LogP contribution >= 0.6 is 0 Å². The summed E-state index contributed by atoms with van der Waals surface area (Å²) in [6.45, 7) is 8.81. The van der Waals surface area contributed by atoms with Gasteiger partial charge >= 0.3 is 0 Å². The number of rotatable bonds is 8. The van der Waals surface area contributed by atoms with Crippen molar-refractivity contribution < 1.29 is 0 Å². The molecule has 210 valence electrons. The zero-order valence-electron chi connectivity index (χ0n) is 25.7. The molecule has 0 fully saturated rings. The highest BCUT2D eigenvalue weighted by molar-refractivity contribution is 5.54. The molecule has 0 saturated carbocycles. The summed E-state index contributed by atoms with van der Waals surface area (Å²) in [6, 6.07) is 30.1. The molecule has 0 saturated heterocycles. The minimum atomic E-state index is 0.921. The van der Waals surface area contributed by atoms with Crippen molar-refractivity contribution in [2.45, 2.75) is 79.1 Å². The molecule has 4 aromatic rings. The second kappa shape index (κ2) is 16.1. The molecule has 0 bridgehead atoms. The smallest absolute Gasteiger partial charge is 0.0281 e. The molecule has 0 heteroatoms. The van der Waals surface area contributed by atoms with Gasteiger partial charge in [-0.25, -0.2) is 0 Å². The summed E-state index contributed by atoms with van der Waals surface area (Å²) in [5.74, 6) is 20.2. The van der Waals surface area contributed by atoms with Crippen LogP contribution in [0.1, 0.15) is 109 Å². The standard InChI is InChI=1S/C42H42/c1-5-9-11-33-13-17-35(18-14-33)23-27-41-29-25-37(31-39(41)7-3)21-22-38-26-30-42(40(8-4)32-38)28-24-36-19-15-34(16-20-36)12-10-6-2/h13-20,25-26,29-32H,5-12H2,1-4H3. The van der Waals surface area contributed by atoms with Gasteiger partial charge in [-0.05, 0) is 121 Å². The van der Waals surface area contributed by atoms with Crippen molar-refractivity contribution in [3.8, 4) is 35.5 Å². The molecule has 0 aliphatic rings. The predicted octanol–water partition coefficient (Wildman–Crippen LogP) is 9.70. The molecular weight excluding hydrogens is 504 g/mol. The number of unbranched alkanes of at least 4 members (excludes halogenated alkanes) is 2. The van der Waals surface area contributed by atoms with E-state index in [1.165, 1.54) is 47.9 Å². The Morgan fingerprint density at radius 3 is 1.12 bits per heavy atom. The molecule has 0 aromatic heterocycles. The minimum Gasteiger partial charge on any atom is -0.0654 e. The minimum absolute atomic E-state index is 0.921. The van der Waals surface area contributed by atoms with E-state index in [1.54, 1.807) is 0 Å². The predicted molar refractivity (Wildman–Crippen MR) is 180 cm³/mol. The zero-order valence-corrected chi connectivity index (χ0v) is 25.7. The maximum absolute atomic E-state index is 3.39. The summed E-state index contributed by atoms with van der Waals surface area (Å²) in [4.78, 5) is 0. The van der Waals surface area contributed by atoms with Gasteiger partial charge in [-0.15, -0.1) is 0 Å². The van der Waals surface area contributed by atoms with E-state index in [-0.39, 0.29) is 0 Å². The SMILES string of the molecule is CCCCc1ccc(C#Cc2ccc(C#Cc3ccc(C#Cc4ccc(CCCC)cc4)c(CC)c3)cc2CC)cc1. The van der Waals surface area contributed by atoms with Crippen molar-refractivity contribution in [3.05, 3.63) is 141 Å². The molecule has 0 nitrogen and oxygen atoms in total. The first-order chi connectivity index (χ1) is 20.6. The lowest BCUT2D eigenvalue weighted by Gasteiger charge is -2.04. The number of hydrogen-bond acceptors (Lipinski definition) is 0. The second-order valence-electron chi connectivity index (χ2n) is 10.8. The number of benzene rings is 4. The fourth-order valence-corrected chi connectivity index (χ4v) is 4.87. The summed E-state index contributed by atoms with van der Waals surface area (Å²) in [7, 11) is 0. The number of aryl methyl sites for hydroxylation is 4. The highest BCUT2D eigenvalue weighted by Crippen LogP contribution is 2.15. The van der Waals surface area contributed by atoms with Crippen molar-refractivity contribution in [1.82, 2.24) is 0 Å². The Balaban J connectivity index is 1.46. The normalized spacial score (nSPS) is 10.1. The third-order valence-corrected chi connectivity index (χ3v) is 7.55. The van der Waals surface area contributed by atoms with Gasteiger partial charge in [-0.2, -0.15) is 0 Å². The molecule has 4 rings (SSSR count). The number of hydrogen-bond donors (Lipinski definition) is 0. The zero-order chi connectivity index (χ0) is 29.6. The molecule has 0 amide bonds. The summed E-state index contributed by atoms with van der Waals surface area (Å²) in [5.41, 5.74) is 11.5. The topological polar surface area (TPSA) is 0 Å². The molecule has 42 heavy (non-hydrogen) atoms. The van der Waals surface area contributed by atoms with Gasteiger partial charge in [0.1, 0.15) is 0 Å². The van der Waals surface area contributed by atoms with Gasteiger partial charge in [0, 0.05) is 33.4 Å². The van der Waals surface area contributed by atoms with Gasteiger partial charge in [0.05, 0.1) is 0 Å². The summed E-state index contributed by atoms with van der Waals surface area (Å²) in [5, 5.41) is 0. The van der Waals surface area contributed by atoms with Crippen molar-refractivity contribution >= 4 is 0 Å². The van der Waals surface area contributed by atoms with E-state index in [2.05, 4.69) is 148 Å². The van der Waals surface area contributed by atoms with Gasteiger partial charge < -0.3 is 0 Å². The van der Waals surface area contributed by atoms with Crippen LogP contribution in [0.15, 0.2) is 84.9 Å². The first-order valence-electron chi connectivity index (χ1n) is 15.6. The van der Waals surface area contributed by atoms with Crippen LogP contribution in [-0.2, 0) is 25.7 Å². The second-order valence-corrected chi connectivity index (χ2v) is 10.8. The van der Waals surface area contributed by atoms with E-state index in [0.717, 1.165) is 59.1 Å². The van der Waals surface area contributed by atoms with Gasteiger partial charge in [-0.3, -0.25) is 0 Å². The van der Waals surface area contributed by atoms with Crippen LogP contribution in [0.3, 0.4) is 0 Å². The Kier molecular flexibility index (Phi) is 11.7. The monoisotopic (exact) mass is 546 g/mol. The van der Waals surface area contributed by atoms with Crippen LogP contribution < -0.4 is 0 Å². The van der Waals surface area contributed by atoms with Crippen LogP contribution in [0.2, 0.25) is 0 Å². The molecule has 0 atom stereocenters. The third kappa shape index (κ3) is 9.04. The Bertz CT molecular complexity index is 1520. The Hall–Kier alpha value is -4.44. The Morgan fingerprint density at radius 2 is 0.762 bits per heavy atom. The maximum Gasteiger partial charge on any atom is 0.0281 e. The lowest BCUT2D eigenvalue weighted by atomic mass is 10.00. The highest BCUT2D eigenvalue weighted by atomic mass is 14.1. The Labute approximate surface area is 254 Å². The maximum atomic E-state index is 3.39. The molecule has 4 aromatic carbocycles. The molecule has 0 aliphatic carbocycles. The van der Waals surface area contributed by atoms with Crippen LogP contribution in [0.5, 0.6) is 0 Å². The van der Waals surface area contributed by atoms with Crippen LogP contribution in [0, 0.1) is 35.5 Å². The van der Waals surface area contributed by atoms with E-state index >= 15 is 0 Å². The lowest BCUT2D eigenvalue weighted by molar-refractivity contribution is 0.795. The quantitative estimate of drug-likeness (QED) is 0.193. The lowest BCUT2D eigenvalue weighted by Crippen LogP contribution is -1.91. The van der Waals surface area contributed by atoms with Gasteiger partial charge in [0.2, 0.25) is 0 Å². The van der Waals surface area contributed by atoms with E-state index in [4.69, 9.17) is 0 Å². The van der Waals surface area contributed by atoms with Crippen molar-refractivity contribution in [2.24, 2.45) is 0 Å². The first-order valence-corrected chi connectivity index (χ1v) is 15.6. The highest BCUT2D eigenvalue weighted by Gasteiger charge is 2.02. The fourth-order valence-electron chi connectivity index (χ4n) is 4.87. The molecule has 0 spiro atoms. The Morgan fingerprint density at radius 1 is 0.405 bits per heavy atom. The van der Waals surface area contributed by atoms with E-state index in [0.29, 0.717) is 0 Å². The average molecular weight is 547 g/mol. The van der Waals surface area contributed by atoms with Gasteiger partial charge in [0.25, 0.3) is 0 Å². The van der Waals surface area contributed by atoms with E-state index in [1.807, 2.05) is 0 Å². The van der Waals surface area contributed by atoms with Crippen LogP contribution in [-0.4, -0.2) is 0 Å². The molecule has 0 heterocycles. The molecular formula is C42H42.